The van der Waals surface area contributed by atoms with Crippen molar-refractivity contribution >= 4 is 29.3 Å². The second-order valence-electron chi connectivity index (χ2n) is 6.84. The van der Waals surface area contributed by atoms with Gasteiger partial charge in [-0.3, -0.25) is 25.6 Å². The molecule has 2 amide bonds. The van der Waals surface area contributed by atoms with Crippen LogP contribution in [0.15, 0.2) is 18.2 Å². The van der Waals surface area contributed by atoms with Gasteiger partial charge < -0.3 is 4.74 Å². The number of rotatable bonds is 8. The molecule has 1 heterocycles. The second kappa shape index (κ2) is 9.27. The molecule has 3 rings (SSSR count). The number of nitrogens with one attached hydrogen (secondary N) is 2. The van der Waals surface area contributed by atoms with Crippen LogP contribution in [0.25, 0.3) is 11.0 Å². The maximum Gasteiger partial charge on any atom is 0.262 e. The highest BCUT2D eigenvalue weighted by molar-refractivity contribution is 5.81. The van der Waals surface area contributed by atoms with Gasteiger partial charge in [-0.25, -0.2) is 10.0 Å². The van der Waals surface area contributed by atoms with Gasteiger partial charge in [0, 0.05) is 6.07 Å². The highest BCUT2D eigenvalue weighted by atomic mass is 16.5. The van der Waals surface area contributed by atoms with Gasteiger partial charge in [-0.2, -0.15) is 0 Å². The van der Waals surface area contributed by atoms with Crippen LogP contribution in [-0.2, 0) is 9.59 Å². The lowest BCUT2D eigenvalue weighted by Crippen LogP contribution is -2.44. The average Bonchev–Trinajstić information content (AvgIpc) is 2.75. The molecule has 1 aliphatic rings. The number of benzene rings is 1. The summed E-state index contributed by atoms with van der Waals surface area (Å²) in [6.45, 7) is -0.0572. The number of aromatic nitrogens is 3. The van der Waals surface area contributed by atoms with Crippen molar-refractivity contribution in [3.8, 4) is 5.75 Å². The second-order valence-corrected chi connectivity index (χ2v) is 6.84. The zero-order chi connectivity index (χ0) is 19.9. The molecule has 1 saturated carbocycles. The zero-order valence-electron chi connectivity index (χ0n) is 15.7. The van der Waals surface area contributed by atoms with Crippen LogP contribution in [0.4, 0.5) is 5.95 Å². The number of ether oxygens (including phenoxy) is 1. The van der Waals surface area contributed by atoms with Gasteiger partial charge >= 0.3 is 0 Å². The molecule has 10 nitrogen and oxygen atoms in total. The van der Waals surface area contributed by atoms with Gasteiger partial charge in [0.15, 0.2) is 0 Å². The van der Waals surface area contributed by atoms with Gasteiger partial charge in [0.25, 0.3) is 5.95 Å². The van der Waals surface area contributed by atoms with E-state index in [1.54, 1.807) is 25.3 Å². The van der Waals surface area contributed by atoms with Crippen molar-refractivity contribution in [3.05, 3.63) is 18.2 Å². The van der Waals surface area contributed by atoms with E-state index in [2.05, 4.69) is 26.0 Å². The first-order valence-electron chi connectivity index (χ1n) is 9.26. The molecule has 3 N–H and O–H groups in total. The first kappa shape index (κ1) is 19.7. The quantitative estimate of drug-likeness (QED) is 0.353. The van der Waals surface area contributed by atoms with Crippen LogP contribution < -0.4 is 15.6 Å². The van der Waals surface area contributed by atoms with Crippen molar-refractivity contribution in [3.63, 3.8) is 0 Å². The summed E-state index contributed by atoms with van der Waals surface area (Å²) in [4.78, 5) is 27.8. The van der Waals surface area contributed by atoms with E-state index >= 15 is 0 Å². The molecule has 1 atom stereocenters. The number of methoxy groups -OCH3 is 1. The highest BCUT2D eigenvalue weighted by Crippen LogP contribution is 2.30. The Balaban J connectivity index is 1.67. The average molecular weight is 388 g/mol. The summed E-state index contributed by atoms with van der Waals surface area (Å²) in [5, 5.41) is 18.1. The molecule has 0 saturated heterocycles. The molecular formula is C18H24N6O4. The summed E-state index contributed by atoms with van der Waals surface area (Å²) in [7, 11) is 1.56. The van der Waals surface area contributed by atoms with E-state index in [1.165, 1.54) is 0 Å². The summed E-state index contributed by atoms with van der Waals surface area (Å²) in [6, 6.07) is 5.22. The fourth-order valence-corrected chi connectivity index (χ4v) is 3.53. The lowest BCUT2D eigenvalue weighted by Gasteiger charge is -2.30. The highest BCUT2D eigenvalue weighted by Gasteiger charge is 2.31. The Bertz CT molecular complexity index is 827. The third kappa shape index (κ3) is 4.83. The van der Waals surface area contributed by atoms with E-state index in [-0.39, 0.29) is 24.3 Å². The summed E-state index contributed by atoms with van der Waals surface area (Å²) in [6.07, 6.45) is 5.30. The monoisotopic (exact) mass is 388 g/mol. The molecule has 1 unspecified atom stereocenters. The molecule has 1 aliphatic carbocycles. The van der Waals surface area contributed by atoms with Gasteiger partial charge in [-0.05, 0) is 30.9 Å². The molecule has 0 aliphatic heterocycles. The van der Waals surface area contributed by atoms with Crippen molar-refractivity contribution in [2.24, 2.45) is 11.8 Å². The lowest BCUT2D eigenvalue weighted by molar-refractivity contribution is -0.156. The summed E-state index contributed by atoms with van der Waals surface area (Å²) in [5.74, 6) is 0.0430. The third-order valence-corrected chi connectivity index (χ3v) is 5.02. The molecule has 0 spiro atoms. The van der Waals surface area contributed by atoms with Crippen molar-refractivity contribution in [1.29, 1.82) is 0 Å². The smallest absolute Gasteiger partial charge is 0.262 e. The standard InChI is InChI=1S/C18H24N6O4/c1-28-13-7-8-15-16(9-13)20-22-18(19-15)23-21-17(26)14(10-24(27)11-25)12-5-3-2-4-6-12/h7-9,11-12,14,27H,2-6,10H2,1H3,(H,21,26)(H,19,22,23). The molecule has 0 radical (unpaired) electrons. The molecule has 1 fully saturated rings. The summed E-state index contributed by atoms with van der Waals surface area (Å²) < 4.78 is 5.14. The van der Waals surface area contributed by atoms with Crippen LogP contribution in [-0.4, -0.2) is 51.4 Å². The van der Waals surface area contributed by atoms with Crippen molar-refractivity contribution in [1.82, 2.24) is 25.7 Å². The van der Waals surface area contributed by atoms with Crippen LogP contribution in [0.2, 0.25) is 0 Å². The van der Waals surface area contributed by atoms with Crippen molar-refractivity contribution in [2.75, 3.05) is 19.1 Å². The molecular weight excluding hydrogens is 364 g/mol. The Morgan fingerprint density at radius 1 is 1.32 bits per heavy atom. The largest absolute Gasteiger partial charge is 0.497 e. The Kier molecular flexibility index (Phi) is 6.53. The van der Waals surface area contributed by atoms with E-state index in [0.717, 1.165) is 32.1 Å². The minimum Gasteiger partial charge on any atom is -0.497 e. The van der Waals surface area contributed by atoms with Crippen LogP contribution in [0.5, 0.6) is 5.75 Å². The Morgan fingerprint density at radius 2 is 2.11 bits per heavy atom. The molecule has 2 aromatic rings. The van der Waals surface area contributed by atoms with Gasteiger partial charge in [0.2, 0.25) is 12.3 Å². The molecule has 28 heavy (non-hydrogen) atoms. The van der Waals surface area contributed by atoms with Gasteiger partial charge in [0.05, 0.1) is 25.1 Å². The summed E-state index contributed by atoms with van der Waals surface area (Å²) in [5.41, 5.74) is 6.42. The van der Waals surface area contributed by atoms with Crippen LogP contribution in [0, 0.1) is 11.8 Å². The van der Waals surface area contributed by atoms with Crippen molar-refractivity contribution < 1.29 is 19.5 Å². The minimum atomic E-state index is -0.527. The van der Waals surface area contributed by atoms with E-state index in [9.17, 15) is 14.8 Å². The first-order chi connectivity index (χ1) is 13.6. The normalized spacial score (nSPS) is 15.6. The fraction of sp³-hybridized carbons (Fsp3) is 0.500. The van der Waals surface area contributed by atoms with Gasteiger partial charge in [-0.1, -0.05) is 19.3 Å². The van der Waals surface area contributed by atoms with E-state index in [4.69, 9.17) is 4.74 Å². The first-order valence-corrected chi connectivity index (χ1v) is 9.26. The zero-order valence-corrected chi connectivity index (χ0v) is 15.7. The number of nitrogens with zero attached hydrogens (tertiary/aromatic N) is 4. The molecule has 0 bridgehead atoms. The SMILES string of the molecule is COc1ccc2nc(NNC(=O)C(CN(O)C=O)C3CCCCC3)nnc2c1. The molecule has 1 aromatic carbocycles. The molecule has 1 aromatic heterocycles. The maximum absolute atomic E-state index is 12.7. The van der Waals surface area contributed by atoms with E-state index in [1.807, 2.05) is 0 Å². The van der Waals surface area contributed by atoms with Crippen LogP contribution >= 0.6 is 0 Å². The number of carbonyl (C=O) groups excluding carboxylic acids is 2. The number of hydrazine groups is 1. The number of anilines is 1. The van der Waals surface area contributed by atoms with Crippen molar-refractivity contribution in [2.45, 2.75) is 32.1 Å². The van der Waals surface area contributed by atoms with Crippen LogP contribution in [0.1, 0.15) is 32.1 Å². The lowest BCUT2D eigenvalue weighted by atomic mass is 9.79. The molecule has 10 heteroatoms. The third-order valence-electron chi connectivity index (χ3n) is 5.02. The van der Waals surface area contributed by atoms with Gasteiger partial charge in [-0.15, -0.1) is 10.2 Å². The predicted molar refractivity (Wildman–Crippen MR) is 100 cm³/mol. The Labute approximate surface area is 162 Å². The predicted octanol–water partition coefficient (Wildman–Crippen LogP) is 1.52. The number of hydrogen-bond acceptors (Lipinski definition) is 8. The number of hydrogen-bond donors (Lipinski definition) is 3. The maximum atomic E-state index is 12.7. The summed E-state index contributed by atoms with van der Waals surface area (Å²) >= 11 is 0. The Morgan fingerprint density at radius 3 is 2.82 bits per heavy atom. The number of carbonyl (C=O) groups is 2. The van der Waals surface area contributed by atoms with E-state index < -0.39 is 5.92 Å². The minimum absolute atomic E-state index is 0.0572. The van der Waals surface area contributed by atoms with Crippen LogP contribution in [0.3, 0.4) is 0 Å². The molecule has 150 valence electrons. The fourth-order valence-electron chi connectivity index (χ4n) is 3.53. The number of hydroxylamine groups is 2. The van der Waals surface area contributed by atoms with E-state index in [0.29, 0.717) is 28.3 Å². The number of fused-ring (bicyclic) bond motifs is 1. The topological polar surface area (TPSA) is 130 Å². The number of amides is 2. The van der Waals surface area contributed by atoms with Gasteiger partial charge in [0.1, 0.15) is 11.3 Å². The Hall–Kier alpha value is -3.01.